The molecule has 0 radical (unpaired) electrons. The second-order valence-corrected chi connectivity index (χ2v) is 11.0. The molecule has 1 aliphatic carbocycles. The van der Waals surface area contributed by atoms with Crippen LogP contribution in [0.25, 0.3) is 6.08 Å². The maximum Gasteiger partial charge on any atom is 0.323 e. The first kappa shape index (κ1) is 13.8. The lowest BCUT2D eigenvalue weighted by Gasteiger charge is -2.19. The molecule has 0 fully saturated rings. The Morgan fingerprint density at radius 3 is 2.32 bits per heavy atom. The molecule has 1 atom stereocenters. The molecular weight excluding hydrogens is 252 g/mol. The van der Waals surface area contributed by atoms with Crippen molar-refractivity contribution < 1.29 is 9.53 Å². The van der Waals surface area contributed by atoms with E-state index >= 15 is 0 Å². The van der Waals surface area contributed by atoms with Gasteiger partial charge in [0.15, 0.2) is 0 Å². The summed E-state index contributed by atoms with van der Waals surface area (Å²) in [6.07, 6.45) is 6.03. The van der Waals surface area contributed by atoms with E-state index in [1.165, 1.54) is 12.3 Å². The Bertz CT molecular complexity index is 538. The van der Waals surface area contributed by atoms with Gasteiger partial charge in [-0.2, -0.15) is 0 Å². The summed E-state index contributed by atoms with van der Waals surface area (Å²) in [6.45, 7) is 6.75. The zero-order chi connectivity index (χ0) is 14.1. The van der Waals surface area contributed by atoms with Crippen LogP contribution in [0.5, 0.6) is 0 Å². The van der Waals surface area contributed by atoms with E-state index in [0.717, 1.165) is 5.56 Å². The van der Waals surface area contributed by atoms with Crippen molar-refractivity contribution in [2.24, 2.45) is 5.41 Å². The minimum Gasteiger partial charge on any atom is -0.468 e. The van der Waals surface area contributed by atoms with Gasteiger partial charge in [-0.1, -0.05) is 73.4 Å². The molecule has 1 aromatic rings. The topological polar surface area (TPSA) is 26.3 Å². The maximum atomic E-state index is 12.1. The number of ether oxygens (including phenoxy) is 1. The van der Waals surface area contributed by atoms with Crippen molar-refractivity contribution >= 4 is 20.1 Å². The second kappa shape index (κ2) is 4.81. The van der Waals surface area contributed by atoms with Crippen LogP contribution in [0, 0.1) is 5.41 Å². The van der Waals surface area contributed by atoms with Gasteiger partial charge in [0.2, 0.25) is 0 Å². The molecular formula is C16H20O2Si. The van der Waals surface area contributed by atoms with Crippen molar-refractivity contribution in [2.45, 2.75) is 19.6 Å². The molecule has 0 heterocycles. The Balaban J connectivity index is 2.24. The average Bonchev–Trinajstić information content (AvgIpc) is 3.13. The molecule has 0 saturated heterocycles. The van der Waals surface area contributed by atoms with Crippen LogP contribution in [0.2, 0.25) is 19.6 Å². The number of benzene rings is 1. The van der Waals surface area contributed by atoms with E-state index < -0.39 is 13.5 Å². The highest BCUT2D eigenvalue weighted by molar-refractivity contribution is 6.85. The molecule has 0 saturated carbocycles. The van der Waals surface area contributed by atoms with Crippen LogP contribution in [-0.2, 0) is 9.53 Å². The fraction of sp³-hybridized carbons (Fsp3) is 0.312. The third-order valence-electron chi connectivity index (χ3n) is 3.40. The molecule has 100 valence electrons. The first-order chi connectivity index (χ1) is 8.90. The van der Waals surface area contributed by atoms with E-state index in [0.29, 0.717) is 0 Å². The summed E-state index contributed by atoms with van der Waals surface area (Å²) >= 11 is 0. The van der Waals surface area contributed by atoms with Crippen molar-refractivity contribution in [2.75, 3.05) is 7.11 Å². The van der Waals surface area contributed by atoms with Crippen LogP contribution < -0.4 is 0 Å². The molecule has 1 aromatic carbocycles. The molecule has 1 aliphatic rings. The number of methoxy groups -OCH3 is 1. The first-order valence-electron chi connectivity index (χ1n) is 6.47. The highest BCUT2D eigenvalue weighted by Crippen LogP contribution is 2.51. The fourth-order valence-corrected chi connectivity index (χ4v) is 4.45. The van der Waals surface area contributed by atoms with Gasteiger partial charge in [-0.25, -0.2) is 0 Å². The molecule has 2 rings (SSSR count). The first-order valence-corrected chi connectivity index (χ1v) is 9.97. The molecule has 0 aliphatic heterocycles. The lowest BCUT2D eigenvalue weighted by molar-refractivity contribution is -0.144. The van der Waals surface area contributed by atoms with Crippen molar-refractivity contribution in [3.63, 3.8) is 0 Å². The van der Waals surface area contributed by atoms with Gasteiger partial charge in [-0.15, -0.1) is 0 Å². The van der Waals surface area contributed by atoms with Gasteiger partial charge in [0, 0.05) is 0 Å². The van der Waals surface area contributed by atoms with Crippen molar-refractivity contribution in [1.82, 2.24) is 0 Å². The van der Waals surface area contributed by atoms with E-state index in [-0.39, 0.29) is 5.97 Å². The quantitative estimate of drug-likeness (QED) is 0.617. The van der Waals surface area contributed by atoms with E-state index in [1.807, 2.05) is 42.5 Å². The lowest BCUT2D eigenvalue weighted by atomic mass is 10.0. The third-order valence-corrected chi connectivity index (χ3v) is 5.58. The van der Waals surface area contributed by atoms with Crippen LogP contribution in [0.15, 0.2) is 47.7 Å². The minimum absolute atomic E-state index is 0.169. The Labute approximate surface area is 115 Å². The summed E-state index contributed by atoms with van der Waals surface area (Å²) in [5.41, 5.74) is 0.524. The Kier molecular flexibility index (Phi) is 3.50. The summed E-state index contributed by atoms with van der Waals surface area (Å²) in [6, 6.07) is 10.0. The number of carbonyl (C=O) groups excluding carboxylic acids is 1. The molecule has 0 bridgehead atoms. The standard InChI is InChI=1S/C16H20O2Si/c1-18-15(17)16(12-14(16)19(2,3)4)11-10-13-8-6-5-7-9-13/h5-12H,1-4H3/b11-10+/t16-/m1/s1. The molecule has 0 aromatic heterocycles. The van der Waals surface area contributed by atoms with Crippen molar-refractivity contribution in [1.29, 1.82) is 0 Å². The Morgan fingerprint density at radius 2 is 1.84 bits per heavy atom. The molecule has 19 heavy (non-hydrogen) atoms. The minimum atomic E-state index is -1.47. The summed E-state index contributed by atoms with van der Waals surface area (Å²) in [5.74, 6) is -0.169. The van der Waals surface area contributed by atoms with Crippen LogP contribution in [0.1, 0.15) is 5.56 Å². The third kappa shape index (κ3) is 2.71. The Morgan fingerprint density at radius 1 is 1.21 bits per heavy atom. The predicted octanol–water partition coefficient (Wildman–Crippen LogP) is 3.68. The van der Waals surface area contributed by atoms with E-state index in [1.54, 1.807) is 0 Å². The van der Waals surface area contributed by atoms with E-state index in [9.17, 15) is 4.79 Å². The molecule has 3 heteroatoms. The van der Waals surface area contributed by atoms with Crippen LogP contribution in [0.4, 0.5) is 0 Å². The van der Waals surface area contributed by atoms with E-state index in [2.05, 4.69) is 25.7 Å². The molecule has 0 spiro atoms. The largest absolute Gasteiger partial charge is 0.468 e. The van der Waals surface area contributed by atoms with Gasteiger partial charge in [0.1, 0.15) is 5.41 Å². The van der Waals surface area contributed by atoms with Crippen LogP contribution in [-0.4, -0.2) is 21.2 Å². The SMILES string of the molecule is COC(=O)[C@]1(/C=C/c2ccccc2)C=C1[Si](C)(C)C. The van der Waals surface area contributed by atoms with Gasteiger partial charge in [0.25, 0.3) is 0 Å². The zero-order valence-electron chi connectivity index (χ0n) is 11.9. The normalized spacial score (nSPS) is 22.2. The van der Waals surface area contributed by atoms with Crippen LogP contribution >= 0.6 is 0 Å². The van der Waals surface area contributed by atoms with Gasteiger partial charge in [-0.05, 0) is 5.56 Å². The summed E-state index contributed by atoms with van der Waals surface area (Å²) in [4.78, 5) is 12.1. The lowest BCUT2D eigenvalue weighted by Crippen LogP contribution is -2.29. The number of hydrogen-bond donors (Lipinski definition) is 0. The van der Waals surface area contributed by atoms with Gasteiger partial charge in [0.05, 0.1) is 15.2 Å². The maximum absolute atomic E-state index is 12.1. The predicted molar refractivity (Wildman–Crippen MR) is 81.4 cm³/mol. The number of rotatable bonds is 4. The molecule has 0 N–H and O–H groups in total. The van der Waals surface area contributed by atoms with Gasteiger partial charge < -0.3 is 4.74 Å². The van der Waals surface area contributed by atoms with Crippen molar-refractivity contribution in [3.8, 4) is 0 Å². The number of hydrogen-bond acceptors (Lipinski definition) is 2. The summed E-state index contributed by atoms with van der Waals surface area (Å²) in [5, 5.41) is 1.26. The van der Waals surface area contributed by atoms with E-state index in [4.69, 9.17) is 4.74 Å². The molecule has 2 nitrogen and oxygen atoms in total. The highest BCUT2D eigenvalue weighted by Gasteiger charge is 2.54. The van der Waals surface area contributed by atoms with Crippen molar-refractivity contribution in [3.05, 3.63) is 53.2 Å². The summed E-state index contributed by atoms with van der Waals surface area (Å²) in [7, 11) is -0.0143. The molecule has 0 unspecified atom stereocenters. The highest BCUT2D eigenvalue weighted by atomic mass is 28.3. The smallest absolute Gasteiger partial charge is 0.323 e. The van der Waals surface area contributed by atoms with Gasteiger partial charge in [-0.3, -0.25) is 4.79 Å². The average molecular weight is 272 g/mol. The number of esters is 1. The molecule has 0 amide bonds. The monoisotopic (exact) mass is 272 g/mol. The zero-order valence-corrected chi connectivity index (χ0v) is 12.9. The Hall–Kier alpha value is -1.61. The second-order valence-electron chi connectivity index (χ2n) is 5.91. The van der Waals surface area contributed by atoms with Crippen LogP contribution in [0.3, 0.4) is 0 Å². The van der Waals surface area contributed by atoms with Gasteiger partial charge >= 0.3 is 5.97 Å². The number of carbonyl (C=O) groups is 1. The summed E-state index contributed by atoms with van der Waals surface area (Å²) < 4.78 is 4.97. The fourth-order valence-electron chi connectivity index (χ4n) is 2.36.